The van der Waals surface area contributed by atoms with Crippen molar-refractivity contribution in [3.63, 3.8) is 0 Å². The zero-order valence-electron chi connectivity index (χ0n) is 8.87. The van der Waals surface area contributed by atoms with Gasteiger partial charge in [0, 0.05) is 19.5 Å². The molecule has 0 amide bonds. The van der Waals surface area contributed by atoms with Crippen LogP contribution in [0, 0.1) is 5.82 Å². The van der Waals surface area contributed by atoms with E-state index in [9.17, 15) is 4.39 Å². The molecular weight excluding hydrogens is 193 g/mol. The van der Waals surface area contributed by atoms with Gasteiger partial charge in [0.15, 0.2) is 0 Å². The highest BCUT2D eigenvalue weighted by Crippen LogP contribution is 2.20. The molecule has 2 N–H and O–H groups in total. The van der Waals surface area contributed by atoms with E-state index in [0.717, 1.165) is 16.9 Å². The summed E-state index contributed by atoms with van der Waals surface area (Å²) in [7, 11) is 1.89. The van der Waals surface area contributed by atoms with Gasteiger partial charge >= 0.3 is 0 Å². The number of imidazole rings is 1. The Balaban J connectivity index is 2.64. The van der Waals surface area contributed by atoms with Crippen molar-refractivity contribution in [1.29, 1.82) is 0 Å². The highest BCUT2D eigenvalue weighted by atomic mass is 19.1. The van der Waals surface area contributed by atoms with Gasteiger partial charge in [-0.3, -0.25) is 0 Å². The van der Waals surface area contributed by atoms with Gasteiger partial charge in [-0.1, -0.05) is 6.92 Å². The maximum atomic E-state index is 13.0. The minimum Gasteiger partial charge on any atom is -0.331 e. The van der Waals surface area contributed by atoms with Crippen molar-refractivity contribution in [2.24, 2.45) is 12.8 Å². The lowest BCUT2D eigenvalue weighted by atomic mass is 10.2. The number of hydrogen-bond acceptors (Lipinski definition) is 2. The molecule has 0 aliphatic rings. The minimum atomic E-state index is -0.238. The Bertz CT molecular complexity index is 490. The largest absolute Gasteiger partial charge is 0.331 e. The number of nitrogens with two attached hydrogens (primary N) is 1. The molecule has 15 heavy (non-hydrogen) atoms. The predicted octanol–water partition coefficient (Wildman–Crippen LogP) is 1.77. The zero-order chi connectivity index (χ0) is 11.0. The number of aryl methyl sites for hydroxylation is 1. The maximum Gasteiger partial charge on any atom is 0.125 e. The Hall–Kier alpha value is -1.42. The van der Waals surface area contributed by atoms with E-state index in [1.54, 1.807) is 6.07 Å². The van der Waals surface area contributed by atoms with E-state index >= 15 is 0 Å². The molecule has 0 saturated heterocycles. The highest BCUT2D eigenvalue weighted by Gasteiger charge is 2.13. The Morgan fingerprint density at radius 1 is 1.53 bits per heavy atom. The summed E-state index contributed by atoms with van der Waals surface area (Å²) in [6, 6.07) is 4.61. The van der Waals surface area contributed by atoms with E-state index in [2.05, 4.69) is 4.98 Å². The number of rotatable bonds is 2. The summed E-state index contributed by atoms with van der Waals surface area (Å²) in [4.78, 5) is 4.44. The maximum absolute atomic E-state index is 13.0. The Morgan fingerprint density at radius 2 is 2.27 bits per heavy atom. The van der Waals surface area contributed by atoms with E-state index in [-0.39, 0.29) is 11.7 Å². The Labute approximate surface area is 87.7 Å². The van der Waals surface area contributed by atoms with Crippen LogP contribution >= 0.6 is 0 Å². The standard InChI is InChI=1S/C11H14FN3/c1-7(6-13)11-14-9-4-3-8(12)5-10(9)15(11)2/h3-5,7H,6,13H2,1-2H3. The first-order valence-corrected chi connectivity index (χ1v) is 4.95. The highest BCUT2D eigenvalue weighted by molar-refractivity contribution is 5.76. The van der Waals surface area contributed by atoms with E-state index in [4.69, 9.17) is 5.73 Å². The summed E-state index contributed by atoms with van der Waals surface area (Å²) < 4.78 is 14.9. The van der Waals surface area contributed by atoms with Gasteiger partial charge < -0.3 is 10.3 Å². The molecule has 4 heteroatoms. The molecule has 0 spiro atoms. The van der Waals surface area contributed by atoms with Crippen molar-refractivity contribution < 1.29 is 4.39 Å². The lowest BCUT2D eigenvalue weighted by Gasteiger charge is -2.07. The second-order valence-corrected chi connectivity index (χ2v) is 3.80. The molecule has 0 aliphatic carbocycles. The quantitative estimate of drug-likeness (QED) is 0.815. The number of nitrogens with zero attached hydrogens (tertiary/aromatic N) is 2. The van der Waals surface area contributed by atoms with Crippen LogP contribution in [0.5, 0.6) is 0 Å². The van der Waals surface area contributed by atoms with Crippen molar-refractivity contribution in [3.05, 3.63) is 29.8 Å². The van der Waals surface area contributed by atoms with Crippen LogP contribution in [0.25, 0.3) is 11.0 Å². The average Bonchev–Trinajstić information content (AvgIpc) is 2.55. The molecule has 1 atom stereocenters. The van der Waals surface area contributed by atoms with E-state index in [0.29, 0.717) is 6.54 Å². The summed E-state index contributed by atoms with van der Waals surface area (Å²) in [5.41, 5.74) is 7.22. The fraction of sp³-hybridized carbons (Fsp3) is 0.364. The fourth-order valence-corrected chi connectivity index (χ4v) is 1.73. The molecule has 0 aliphatic heterocycles. The van der Waals surface area contributed by atoms with Crippen molar-refractivity contribution in [1.82, 2.24) is 9.55 Å². The molecule has 0 radical (unpaired) electrons. The lowest BCUT2D eigenvalue weighted by molar-refractivity contribution is 0.628. The van der Waals surface area contributed by atoms with Crippen LogP contribution in [-0.2, 0) is 7.05 Å². The van der Waals surface area contributed by atoms with Gasteiger partial charge in [-0.25, -0.2) is 9.37 Å². The van der Waals surface area contributed by atoms with Crippen LogP contribution in [0.2, 0.25) is 0 Å². The van der Waals surface area contributed by atoms with Gasteiger partial charge in [0.05, 0.1) is 11.0 Å². The normalized spacial score (nSPS) is 13.3. The molecule has 2 aromatic rings. The first-order chi connectivity index (χ1) is 7.13. The van der Waals surface area contributed by atoms with Crippen LogP contribution in [0.4, 0.5) is 4.39 Å². The number of aromatic nitrogens is 2. The van der Waals surface area contributed by atoms with E-state index < -0.39 is 0 Å². The van der Waals surface area contributed by atoms with Crippen LogP contribution in [0.1, 0.15) is 18.7 Å². The third-order valence-electron chi connectivity index (χ3n) is 2.67. The molecule has 0 bridgehead atoms. The summed E-state index contributed by atoms with van der Waals surface area (Å²) in [5, 5.41) is 0. The van der Waals surface area contributed by atoms with Crippen LogP contribution < -0.4 is 5.73 Å². The Kier molecular flexibility index (Phi) is 2.44. The number of benzene rings is 1. The lowest BCUT2D eigenvalue weighted by Crippen LogP contribution is -2.13. The van der Waals surface area contributed by atoms with Crippen LogP contribution in [0.3, 0.4) is 0 Å². The molecule has 3 nitrogen and oxygen atoms in total. The third kappa shape index (κ3) is 1.61. The van der Waals surface area contributed by atoms with Crippen LogP contribution in [-0.4, -0.2) is 16.1 Å². The summed E-state index contributed by atoms with van der Waals surface area (Å²) in [6.45, 7) is 2.55. The fourth-order valence-electron chi connectivity index (χ4n) is 1.73. The molecule has 80 valence electrons. The Morgan fingerprint density at radius 3 is 2.93 bits per heavy atom. The van der Waals surface area contributed by atoms with Gasteiger partial charge in [0.25, 0.3) is 0 Å². The van der Waals surface area contributed by atoms with Crippen molar-refractivity contribution in [3.8, 4) is 0 Å². The third-order valence-corrected chi connectivity index (χ3v) is 2.67. The van der Waals surface area contributed by atoms with Crippen molar-refractivity contribution in [2.45, 2.75) is 12.8 Å². The van der Waals surface area contributed by atoms with Gasteiger partial charge in [-0.2, -0.15) is 0 Å². The minimum absolute atomic E-state index is 0.186. The average molecular weight is 207 g/mol. The molecule has 0 saturated carbocycles. The topological polar surface area (TPSA) is 43.8 Å². The molecular formula is C11H14FN3. The zero-order valence-corrected chi connectivity index (χ0v) is 8.87. The van der Waals surface area contributed by atoms with Gasteiger partial charge in [0.1, 0.15) is 11.6 Å². The van der Waals surface area contributed by atoms with Crippen molar-refractivity contribution >= 4 is 11.0 Å². The number of hydrogen-bond donors (Lipinski definition) is 1. The first-order valence-electron chi connectivity index (χ1n) is 4.95. The SMILES string of the molecule is CC(CN)c1nc2ccc(F)cc2n1C. The first kappa shape index (κ1) is 10.1. The van der Waals surface area contributed by atoms with Crippen LogP contribution in [0.15, 0.2) is 18.2 Å². The van der Waals surface area contributed by atoms with Gasteiger partial charge in [0.2, 0.25) is 0 Å². The van der Waals surface area contributed by atoms with Crippen molar-refractivity contribution in [2.75, 3.05) is 6.54 Å². The van der Waals surface area contributed by atoms with Gasteiger partial charge in [-0.15, -0.1) is 0 Å². The second-order valence-electron chi connectivity index (χ2n) is 3.80. The van der Waals surface area contributed by atoms with Gasteiger partial charge in [-0.05, 0) is 18.2 Å². The molecule has 1 unspecified atom stereocenters. The number of fused-ring (bicyclic) bond motifs is 1. The molecule has 1 aromatic heterocycles. The molecule has 1 heterocycles. The van der Waals surface area contributed by atoms with E-state index in [1.165, 1.54) is 12.1 Å². The summed E-state index contributed by atoms with van der Waals surface area (Å²) in [6.07, 6.45) is 0. The summed E-state index contributed by atoms with van der Waals surface area (Å²) in [5.74, 6) is 0.848. The molecule has 1 aromatic carbocycles. The number of halogens is 1. The summed E-state index contributed by atoms with van der Waals surface area (Å²) >= 11 is 0. The predicted molar refractivity (Wildman–Crippen MR) is 58.1 cm³/mol. The monoisotopic (exact) mass is 207 g/mol. The smallest absolute Gasteiger partial charge is 0.125 e. The second kappa shape index (κ2) is 3.62. The molecule has 2 rings (SSSR count). The molecule has 0 fully saturated rings. The van der Waals surface area contributed by atoms with E-state index in [1.807, 2.05) is 18.5 Å².